The van der Waals surface area contributed by atoms with E-state index in [1.165, 1.54) is 12.1 Å². The van der Waals surface area contributed by atoms with Gasteiger partial charge in [0.1, 0.15) is 10.1 Å². The van der Waals surface area contributed by atoms with Gasteiger partial charge in [-0.25, -0.2) is 0 Å². The number of ether oxygens (including phenoxy) is 1. The lowest BCUT2D eigenvalue weighted by atomic mass is 10.1. The van der Waals surface area contributed by atoms with Crippen LogP contribution in [-0.2, 0) is 4.79 Å². The van der Waals surface area contributed by atoms with Gasteiger partial charge in [0.05, 0.1) is 5.92 Å². The monoisotopic (exact) mass is 314 g/mol. The number of hydrogen-bond acceptors (Lipinski definition) is 2. The molecular formula is C11H7Cl2F3O3. The van der Waals surface area contributed by atoms with E-state index in [0.29, 0.717) is 5.56 Å². The van der Waals surface area contributed by atoms with Crippen LogP contribution in [0.15, 0.2) is 24.3 Å². The number of carboxylic acids is 1. The van der Waals surface area contributed by atoms with Crippen LogP contribution in [0, 0.1) is 5.92 Å². The molecule has 1 aromatic rings. The minimum absolute atomic E-state index is 0.291. The molecule has 0 heterocycles. The zero-order valence-electron chi connectivity index (χ0n) is 9.12. The number of halogens is 5. The van der Waals surface area contributed by atoms with Crippen LogP contribution in [-0.4, -0.2) is 21.8 Å². The summed E-state index contributed by atoms with van der Waals surface area (Å²) in [6, 6.07) is 4.97. The first kappa shape index (κ1) is 14.3. The molecule has 104 valence electrons. The van der Waals surface area contributed by atoms with Gasteiger partial charge in [-0.1, -0.05) is 35.3 Å². The molecule has 0 spiro atoms. The molecule has 1 aromatic carbocycles. The SMILES string of the molecule is O=C(O)C1C(c2cccc(OC(F)(F)F)c2)C1(Cl)Cl. The molecule has 1 aliphatic rings. The van der Waals surface area contributed by atoms with Crippen molar-refractivity contribution in [3.05, 3.63) is 29.8 Å². The molecule has 1 aliphatic carbocycles. The van der Waals surface area contributed by atoms with Crippen molar-refractivity contribution in [2.24, 2.45) is 5.92 Å². The Bertz CT molecular complexity index is 516. The van der Waals surface area contributed by atoms with E-state index in [2.05, 4.69) is 4.74 Å². The number of aliphatic carboxylic acids is 1. The summed E-state index contributed by atoms with van der Waals surface area (Å²) in [7, 11) is 0. The van der Waals surface area contributed by atoms with Crippen LogP contribution in [0.25, 0.3) is 0 Å². The van der Waals surface area contributed by atoms with Crippen LogP contribution >= 0.6 is 23.2 Å². The van der Waals surface area contributed by atoms with E-state index in [1.54, 1.807) is 0 Å². The van der Waals surface area contributed by atoms with Gasteiger partial charge in [-0.05, 0) is 17.7 Å². The van der Waals surface area contributed by atoms with Crippen molar-refractivity contribution < 1.29 is 27.8 Å². The van der Waals surface area contributed by atoms with E-state index in [-0.39, 0.29) is 0 Å². The predicted molar refractivity (Wildman–Crippen MR) is 61.4 cm³/mol. The molecule has 0 bridgehead atoms. The molecule has 0 saturated heterocycles. The van der Waals surface area contributed by atoms with Crippen LogP contribution < -0.4 is 4.74 Å². The zero-order valence-corrected chi connectivity index (χ0v) is 10.6. The maximum Gasteiger partial charge on any atom is 0.573 e. The van der Waals surface area contributed by atoms with Gasteiger partial charge in [0.15, 0.2) is 0 Å². The fraction of sp³-hybridized carbons (Fsp3) is 0.364. The third-order valence-corrected chi connectivity index (χ3v) is 3.71. The lowest BCUT2D eigenvalue weighted by molar-refractivity contribution is -0.274. The Morgan fingerprint density at radius 1 is 1.37 bits per heavy atom. The maximum absolute atomic E-state index is 12.1. The van der Waals surface area contributed by atoms with Crippen molar-refractivity contribution >= 4 is 29.2 Å². The first-order valence-corrected chi connectivity index (χ1v) is 5.85. The predicted octanol–water partition coefficient (Wildman–Crippen LogP) is 3.56. The summed E-state index contributed by atoms with van der Waals surface area (Å²) in [6.07, 6.45) is -4.81. The second kappa shape index (κ2) is 4.45. The van der Waals surface area contributed by atoms with Gasteiger partial charge < -0.3 is 9.84 Å². The maximum atomic E-state index is 12.1. The minimum atomic E-state index is -4.81. The van der Waals surface area contributed by atoms with Crippen LogP contribution in [0.3, 0.4) is 0 Å². The molecule has 3 nitrogen and oxygen atoms in total. The molecule has 1 saturated carbocycles. The van der Waals surface area contributed by atoms with Crippen LogP contribution in [0.4, 0.5) is 13.2 Å². The minimum Gasteiger partial charge on any atom is -0.481 e. The van der Waals surface area contributed by atoms with E-state index in [0.717, 1.165) is 12.1 Å². The second-order valence-electron chi connectivity index (χ2n) is 4.09. The standard InChI is InChI=1S/C11H7Cl2F3O3/c12-10(13)7(8(10)9(17)18)5-2-1-3-6(4-5)19-11(14,15)16/h1-4,7-8H,(H,17,18). The van der Waals surface area contributed by atoms with Crippen LogP contribution in [0.2, 0.25) is 0 Å². The van der Waals surface area contributed by atoms with Gasteiger partial charge >= 0.3 is 12.3 Å². The summed E-state index contributed by atoms with van der Waals surface area (Å²) in [5, 5.41) is 8.90. The highest BCUT2D eigenvalue weighted by Gasteiger charge is 2.68. The quantitative estimate of drug-likeness (QED) is 0.868. The number of hydrogen-bond donors (Lipinski definition) is 1. The summed E-state index contributed by atoms with van der Waals surface area (Å²) < 4.78 is 38.5. The van der Waals surface area contributed by atoms with E-state index >= 15 is 0 Å². The Labute approximate surface area is 115 Å². The normalized spacial score (nSPS) is 24.9. The van der Waals surface area contributed by atoms with Crippen molar-refractivity contribution in [2.75, 3.05) is 0 Å². The molecular weight excluding hydrogens is 308 g/mol. The topological polar surface area (TPSA) is 46.5 Å². The van der Waals surface area contributed by atoms with Crippen molar-refractivity contribution in [3.63, 3.8) is 0 Å². The molecule has 19 heavy (non-hydrogen) atoms. The Hall–Kier alpha value is -1.14. The molecule has 0 radical (unpaired) electrons. The first-order chi connectivity index (χ1) is 8.63. The summed E-state index contributed by atoms with van der Waals surface area (Å²) in [4.78, 5) is 10.9. The summed E-state index contributed by atoms with van der Waals surface area (Å²) in [6.45, 7) is 0. The second-order valence-corrected chi connectivity index (χ2v) is 5.53. The fourth-order valence-electron chi connectivity index (χ4n) is 1.95. The number of alkyl halides is 5. The molecule has 8 heteroatoms. The smallest absolute Gasteiger partial charge is 0.481 e. The van der Waals surface area contributed by atoms with Crippen molar-refractivity contribution in [2.45, 2.75) is 16.6 Å². The number of benzene rings is 1. The van der Waals surface area contributed by atoms with Crippen LogP contribution in [0.1, 0.15) is 11.5 Å². The van der Waals surface area contributed by atoms with Gasteiger partial charge in [-0.2, -0.15) is 0 Å². The Balaban J connectivity index is 2.24. The summed E-state index contributed by atoms with van der Waals surface area (Å²) >= 11 is 11.6. The van der Waals surface area contributed by atoms with Crippen LogP contribution in [0.5, 0.6) is 5.75 Å². The summed E-state index contributed by atoms with van der Waals surface area (Å²) in [5.74, 6) is -3.44. The number of carboxylic acid groups (broad SMARTS) is 1. The van der Waals surface area contributed by atoms with Gasteiger partial charge in [-0.15, -0.1) is 13.2 Å². The Morgan fingerprint density at radius 2 is 2.00 bits per heavy atom. The molecule has 2 rings (SSSR count). The van der Waals surface area contributed by atoms with E-state index < -0.39 is 34.3 Å². The molecule has 0 aromatic heterocycles. The zero-order chi connectivity index (χ0) is 14.4. The number of carbonyl (C=O) groups is 1. The fourth-order valence-corrected chi connectivity index (χ4v) is 2.77. The molecule has 1 N–H and O–H groups in total. The molecule has 0 amide bonds. The third-order valence-electron chi connectivity index (χ3n) is 2.77. The van der Waals surface area contributed by atoms with Crippen molar-refractivity contribution in [3.8, 4) is 5.75 Å². The van der Waals surface area contributed by atoms with Gasteiger partial charge in [0.2, 0.25) is 0 Å². The average Bonchev–Trinajstić information content (AvgIpc) is 2.79. The van der Waals surface area contributed by atoms with E-state index in [4.69, 9.17) is 28.3 Å². The lowest BCUT2D eigenvalue weighted by Gasteiger charge is -2.10. The molecule has 1 fully saturated rings. The highest BCUT2D eigenvalue weighted by molar-refractivity contribution is 6.53. The molecule has 0 aliphatic heterocycles. The largest absolute Gasteiger partial charge is 0.573 e. The van der Waals surface area contributed by atoms with Gasteiger partial charge in [-0.3, -0.25) is 4.79 Å². The summed E-state index contributed by atoms with van der Waals surface area (Å²) in [5.41, 5.74) is 0.291. The van der Waals surface area contributed by atoms with Crippen molar-refractivity contribution in [1.82, 2.24) is 0 Å². The Kier molecular flexibility index (Phi) is 3.35. The average molecular weight is 315 g/mol. The Morgan fingerprint density at radius 3 is 2.47 bits per heavy atom. The highest BCUT2D eigenvalue weighted by Crippen LogP contribution is 2.65. The first-order valence-electron chi connectivity index (χ1n) is 5.09. The molecule has 2 atom stereocenters. The van der Waals surface area contributed by atoms with E-state index in [1.807, 2.05) is 0 Å². The van der Waals surface area contributed by atoms with Gasteiger partial charge in [0, 0.05) is 5.92 Å². The lowest BCUT2D eigenvalue weighted by Crippen LogP contribution is -2.17. The van der Waals surface area contributed by atoms with Crippen molar-refractivity contribution in [1.29, 1.82) is 0 Å². The number of rotatable bonds is 3. The van der Waals surface area contributed by atoms with Gasteiger partial charge in [0.25, 0.3) is 0 Å². The van der Waals surface area contributed by atoms with E-state index in [9.17, 15) is 18.0 Å². The molecule has 2 unspecified atom stereocenters. The third kappa shape index (κ3) is 2.90. The highest BCUT2D eigenvalue weighted by atomic mass is 35.5.